The average molecular weight is 1740 g/mol. The minimum absolute atomic E-state index is 0.0364. The number of aromatic nitrogens is 8. The van der Waals surface area contributed by atoms with Crippen molar-refractivity contribution in [3.8, 4) is 157 Å². The van der Waals surface area contributed by atoms with Gasteiger partial charge in [-0.05, 0) is 197 Å². The number of benzene rings is 19. The molecule has 5 heterocycles. The van der Waals surface area contributed by atoms with Gasteiger partial charge in [-0.15, -0.1) is 0 Å². The summed E-state index contributed by atoms with van der Waals surface area (Å²) in [5, 5.41) is 24.5. The summed E-state index contributed by atoms with van der Waals surface area (Å²) < 4.78 is 41.4. The van der Waals surface area contributed by atoms with Crippen molar-refractivity contribution in [2.45, 2.75) is 0 Å². The molecule has 0 bridgehead atoms. The first-order valence-corrected chi connectivity index (χ1v) is 45.1. The lowest BCUT2D eigenvalue weighted by Gasteiger charge is -2.15. The molecule has 9 heteroatoms. The van der Waals surface area contributed by atoms with Crippen LogP contribution in [0.5, 0.6) is 0 Å². The van der Waals surface area contributed by atoms with Gasteiger partial charge >= 0.3 is 0 Å². The predicted molar refractivity (Wildman–Crippen MR) is 567 cm³/mol. The van der Waals surface area contributed by atoms with Crippen molar-refractivity contribution in [2.24, 2.45) is 0 Å². The molecule has 0 aliphatic heterocycles. The number of hydrogen-bond acceptors (Lipinski definition) is 9. The summed E-state index contributed by atoms with van der Waals surface area (Å²) in [4.78, 5) is 39.0. The van der Waals surface area contributed by atoms with E-state index in [-0.39, 0.29) is 23.5 Å². The molecule has 0 aliphatic rings. The van der Waals surface area contributed by atoms with Crippen molar-refractivity contribution < 1.29 is 6.85 Å². The molecule has 0 amide bonds. The molecule has 24 aromatic rings. The highest BCUT2D eigenvalue weighted by Gasteiger charge is 2.23. The number of fused-ring (bicyclic) bond motifs is 8. The van der Waals surface area contributed by atoms with Crippen LogP contribution in [-0.2, 0) is 0 Å². The number of nitrogens with zero attached hydrogens (tertiary/aromatic N) is 8. The van der Waals surface area contributed by atoms with E-state index in [1.165, 1.54) is 65.8 Å². The van der Waals surface area contributed by atoms with Gasteiger partial charge in [-0.1, -0.05) is 401 Å². The van der Waals surface area contributed by atoms with Crippen molar-refractivity contribution in [1.29, 1.82) is 5.41 Å². The summed E-state index contributed by atoms with van der Waals surface area (Å²) in [5.41, 5.74) is 25.3. The Hall–Kier alpha value is -18.3. The second-order valence-corrected chi connectivity index (χ2v) is 33.4. The van der Waals surface area contributed by atoms with Gasteiger partial charge in [0.1, 0.15) is 0 Å². The molecule has 1 N–H and O–H groups in total. The van der Waals surface area contributed by atoms with Gasteiger partial charge in [0.05, 0.1) is 23.9 Å². The molecule has 0 unspecified atom stereocenters. The molecular weight excluding hydrogens is 1650 g/mol. The van der Waals surface area contributed by atoms with Gasteiger partial charge < -0.3 is 5.41 Å². The highest BCUT2D eigenvalue weighted by molar-refractivity contribution is 6.14. The zero-order valence-electron chi connectivity index (χ0n) is 78.7. The van der Waals surface area contributed by atoms with Gasteiger partial charge in [-0.3, -0.25) is 9.97 Å². The van der Waals surface area contributed by atoms with Crippen LogP contribution < -0.4 is 0 Å². The van der Waals surface area contributed by atoms with E-state index in [0.717, 1.165) is 155 Å². The topological polar surface area (TPSA) is 127 Å². The quantitative estimate of drug-likeness (QED) is 0.0543. The normalized spacial score (nSPS) is 11.9. The Morgan fingerprint density at radius 1 is 0.235 bits per heavy atom. The summed E-state index contributed by atoms with van der Waals surface area (Å²) in [6.45, 7) is 3.84. The van der Waals surface area contributed by atoms with Crippen LogP contribution in [0.1, 0.15) is 12.4 Å². The fourth-order valence-corrected chi connectivity index (χ4v) is 18.4. The van der Waals surface area contributed by atoms with E-state index in [9.17, 15) is 0 Å². The molecule has 9 nitrogen and oxygen atoms in total. The first-order valence-electron chi connectivity index (χ1n) is 47.6. The highest BCUT2D eigenvalue weighted by Crippen LogP contribution is 2.44. The smallest absolute Gasteiger partial charge is 0.160 e. The van der Waals surface area contributed by atoms with Crippen molar-refractivity contribution >= 4 is 87.2 Å². The third-order valence-electron chi connectivity index (χ3n) is 25.1. The molecule has 24 rings (SSSR count). The van der Waals surface area contributed by atoms with Gasteiger partial charge in [0.25, 0.3) is 0 Å². The van der Waals surface area contributed by atoms with E-state index >= 15 is 0 Å². The van der Waals surface area contributed by atoms with Crippen LogP contribution >= 0.6 is 0 Å². The van der Waals surface area contributed by atoms with Gasteiger partial charge in [0, 0.05) is 116 Å². The Morgan fingerprint density at radius 3 is 1.25 bits per heavy atom. The maximum absolute atomic E-state index is 8.51. The lowest BCUT2D eigenvalue weighted by molar-refractivity contribution is 1.18. The number of allylic oxidation sites excluding steroid dienone is 3. The van der Waals surface area contributed by atoms with Crippen LogP contribution in [0.3, 0.4) is 0 Å². The van der Waals surface area contributed by atoms with Gasteiger partial charge in [-0.2, -0.15) is 0 Å². The van der Waals surface area contributed by atoms with Gasteiger partial charge in [0.15, 0.2) is 17.5 Å². The SMILES string of the molecule is C=C/C=C(\C=N)c1cccc(-c2cnc(-c3cc4ccccc4c4ccccc34)nc2-c2cccc(-c3cccc4ccccc34)c2)c1.[2H]c1c([2H])c([2H])c(-c2ncc(-c3cccc(-c4cccnc4)c3)c(-c3ccc(-c4ccc5ccccc5c4)cc3)n2)c([2H])c1[2H].c1cc(-c2ccc3ccccc3c2)cc(-c2nc(-c3cccc4ccccc34)ncc2-c2cccc(-c3cncc4ccccc34)c2)c1. The molecule has 0 aliphatic carbocycles. The van der Waals surface area contributed by atoms with Crippen molar-refractivity contribution in [3.05, 3.63) is 504 Å². The third kappa shape index (κ3) is 17.1. The summed E-state index contributed by atoms with van der Waals surface area (Å²) >= 11 is 0. The van der Waals surface area contributed by atoms with Gasteiger partial charge in [-0.25, -0.2) is 29.9 Å². The molecule has 0 spiro atoms. The second-order valence-electron chi connectivity index (χ2n) is 33.4. The first-order chi connectivity index (χ1) is 69.4. The van der Waals surface area contributed by atoms with E-state index in [2.05, 4.69) is 343 Å². The Labute approximate surface area is 795 Å². The maximum Gasteiger partial charge on any atom is 0.160 e. The molecular formula is C127H85N9. The van der Waals surface area contributed by atoms with Crippen LogP contribution in [0.25, 0.3) is 238 Å². The Morgan fingerprint density at radius 2 is 0.640 bits per heavy atom. The van der Waals surface area contributed by atoms with E-state index in [4.69, 9.17) is 37.2 Å². The van der Waals surface area contributed by atoms with E-state index < -0.39 is 18.1 Å². The van der Waals surface area contributed by atoms with Crippen LogP contribution in [0.15, 0.2) is 499 Å². The van der Waals surface area contributed by atoms with E-state index in [1.54, 1.807) is 18.5 Å². The Balaban J connectivity index is 0.000000121. The number of pyridine rings is 2. The zero-order valence-corrected chi connectivity index (χ0v) is 73.7. The summed E-state index contributed by atoms with van der Waals surface area (Å²) in [6, 6.07) is 139. The number of nitrogens with one attached hydrogen (secondary N) is 1. The van der Waals surface area contributed by atoms with Gasteiger partial charge in [0.2, 0.25) is 0 Å². The van der Waals surface area contributed by atoms with Crippen LogP contribution in [0.2, 0.25) is 0 Å². The molecule has 638 valence electrons. The van der Waals surface area contributed by atoms with Crippen LogP contribution in [-0.4, -0.2) is 46.1 Å². The fraction of sp³-hybridized carbons (Fsp3) is 0. The molecule has 0 saturated carbocycles. The average Bonchev–Trinajstić information content (AvgIpc) is 0.752. The maximum atomic E-state index is 8.51. The van der Waals surface area contributed by atoms with E-state index in [1.807, 2.05) is 122 Å². The molecule has 0 radical (unpaired) electrons. The van der Waals surface area contributed by atoms with Crippen LogP contribution in [0.4, 0.5) is 0 Å². The second kappa shape index (κ2) is 37.6. The summed E-state index contributed by atoms with van der Waals surface area (Å²) in [6.07, 6.45) is 17.9. The molecule has 19 aromatic carbocycles. The zero-order chi connectivity index (χ0) is 95.4. The molecule has 0 fully saturated rings. The van der Waals surface area contributed by atoms with E-state index in [0.29, 0.717) is 17.3 Å². The molecule has 5 aromatic heterocycles. The Kier molecular flexibility index (Phi) is 21.5. The minimum Gasteiger partial charge on any atom is -0.308 e. The number of hydrogen-bond donors (Lipinski definition) is 1. The molecule has 0 saturated heterocycles. The lowest BCUT2D eigenvalue weighted by atomic mass is 9.93. The third-order valence-corrected chi connectivity index (χ3v) is 25.1. The number of rotatable bonds is 17. The summed E-state index contributed by atoms with van der Waals surface area (Å²) in [7, 11) is 0. The van der Waals surface area contributed by atoms with Crippen molar-refractivity contribution in [2.75, 3.05) is 0 Å². The first kappa shape index (κ1) is 77.6. The van der Waals surface area contributed by atoms with Crippen molar-refractivity contribution in [1.82, 2.24) is 39.9 Å². The van der Waals surface area contributed by atoms with Crippen LogP contribution in [0, 0.1) is 5.41 Å². The molecule has 136 heavy (non-hydrogen) atoms. The molecule has 0 atom stereocenters. The Bertz CT molecular complexity index is 9030. The fourth-order valence-electron chi connectivity index (χ4n) is 18.4. The lowest BCUT2D eigenvalue weighted by Crippen LogP contribution is -1.98. The standard InChI is InChI=1S/C45H29N3.C45H31N3.C37H25N3/c1-2-12-32-24-34(23-22-30(32)10-1)33-15-7-18-37(25-33)44-43(29-47-45(48-44)41-21-9-14-31-11-3-5-19-39(31)41)36-17-8-16-35(26-36)42-28-46-27-38-13-4-6-20-40(38)42;1-2-12-36(28-46)31-16-9-18-33(25-31)43-29-47-45(42-27-34-14-4-6-21-39(34)40-22-7-8-23-41(40)42)48-44(43)35-19-10-17-32(26-35)38-24-11-15-30-13-3-5-20-37(30)38;1-2-9-29(10-3-1)37-39-25-35(33-13-6-12-31(23-33)34-14-7-21-38-24-34)36(40-37)28-18-15-27(16-19-28)32-20-17-26-8-4-5-11-30(26)22-32/h1-29H;2-29,46H,1H2;1-25H/b;36-12+,46-28?;/i;;1D,2D,3D,9D,10D. The summed E-state index contributed by atoms with van der Waals surface area (Å²) in [5.74, 6) is 1.44. The largest absolute Gasteiger partial charge is 0.308 e. The minimum atomic E-state index is -0.456. The predicted octanol–water partition coefficient (Wildman–Crippen LogP) is 32.8. The highest BCUT2D eigenvalue weighted by atomic mass is 14.9. The monoisotopic (exact) mass is 1740 g/mol. The van der Waals surface area contributed by atoms with Crippen molar-refractivity contribution in [3.63, 3.8) is 0 Å².